The summed E-state index contributed by atoms with van der Waals surface area (Å²) in [6.45, 7) is 0.779. The topological polar surface area (TPSA) is 43.7 Å². The minimum absolute atomic E-state index is 0. The second-order valence-corrected chi connectivity index (χ2v) is 3.17. The smallest absolute Gasteiger partial charge is 0.0662 e. The van der Waals surface area contributed by atoms with E-state index >= 15 is 0 Å². The fraction of sp³-hybridized carbons (Fsp3) is 0.455. The lowest BCUT2D eigenvalue weighted by Gasteiger charge is -2.08. The number of aliphatic hydroxyl groups excluding tert-OH is 2. The summed E-state index contributed by atoms with van der Waals surface area (Å²) in [5, 5.41) is 15.2. The molecule has 0 radical (unpaired) electrons. The van der Waals surface area contributed by atoms with Gasteiger partial charge in [0, 0.05) is 6.54 Å². The van der Waals surface area contributed by atoms with Crippen molar-refractivity contribution in [2.45, 2.75) is 6.54 Å². The average Bonchev–Trinajstić information content (AvgIpc) is 2.19. The third-order valence-electron chi connectivity index (χ3n) is 1.44. The third-order valence-corrected chi connectivity index (χ3v) is 1.44. The van der Waals surface area contributed by atoms with Crippen molar-refractivity contribution >= 4 is 12.4 Å². The number of hydrogen-bond donors (Lipinski definition) is 2. The van der Waals surface area contributed by atoms with Crippen LogP contribution >= 0.6 is 12.4 Å². The molecular formula is C11H20ClNO2. The van der Waals surface area contributed by atoms with Gasteiger partial charge in [0.05, 0.1) is 13.2 Å². The molecule has 1 aromatic rings. The van der Waals surface area contributed by atoms with Gasteiger partial charge in [-0.3, -0.25) is 0 Å². The Balaban J connectivity index is 0. The zero-order chi connectivity index (χ0) is 10.8. The summed E-state index contributed by atoms with van der Waals surface area (Å²) >= 11 is 0. The zero-order valence-corrected chi connectivity index (χ0v) is 10.1. The van der Waals surface area contributed by atoms with E-state index in [-0.39, 0.29) is 25.6 Å². The first kappa shape index (κ1) is 16.8. The van der Waals surface area contributed by atoms with Crippen LogP contribution in [0, 0.1) is 0 Å². The molecule has 0 spiro atoms. The molecule has 0 atom stereocenters. The summed E-state index contributed by atoms with van der Waals surface area (Å²) < 4.78 is 0. The van der Waals surface area contributed by atoms with Crippen LogP contribution in [-0.4, -0.2) is 42.4 Å². The Kier molecular flexibility index (Phi) is 12.8. The van der Waals surface area contributed by atoms with Gasteiger partial charge in [-0.2, -0.15) is 0 Å². The molecule has 3 nitrogen and oxygen atoms in total. The lowest BCUT2D eigenvalue weighted by Crippen LogP contribution is -2.10. The Labute approximate surface area is 97.8 Å². The van der Waals surface area contributed by atoms with Crippen LogP contribution in [0.25, 0.3) is 0 Å². The van der Waals surface area contributed by atoms with Crippen molar-refractivity contribution in [3.05, 3.63) is 35.9 Å². The van der Waals surface area contributed by atoms with Crippen LogP contribution in [0.4, 0.5) is 0 Å². The first-order chi connectivity index (χ1) is 6.70. The van der Waals surface area contributed by atoms with Gasteiger partial charge in [0.25, 0.3) is 0 Å². The Bertz CT molecular complexity index is 215. The first-order valence-corrected chi connectivity index (χ1v) is 4.61. The third kappa shape index (κ3) is 11.3. The summed E-state index contributed by atoms with van der Waals surface area (Å²) in [5.74, 6) is 0. The van der Waals surface area contributed by atoms with Gasteiger partial charge in [-0.15, -0.1) is 12.4 Å². The van der Waals surface area contributed by atoms with Gasteiger partial charge in [0.1, 0.15) is 0 Å². The summed E-state index contributed by atoms with van der Waals surface area (Å²) in [7, 11) is 4.15. The van der Waals surface area contributed by atoms with E-state index < -0.39 is 0 Å². The van der Waals surface area contributed by atoms with E-state index in [1.807, 2.05) is 6.07 Å². The number of aliphatic hydroxyl groups is 2. The van der Waals surface area contributed by atoms with Crippen molar-refractivity contribution in [1.29, 1.82) is 0 Å². The molecule has 0 aliphatic carbocycles. The average molecular weight is 234 g/mol. The van der Waals surface area contributed by atoms with Crippen LogP contribution < -0.4 is 0 Å². The Morgan fingerprint density at radius 1 is 1.00 bits per heavy atom. The molecule has 0 amide bonds. The minimum atomic E-state index is -0.125. The van der Waals surface area contributed by atoms with Crippen LogP contribution in [0.3, 0.4) is 0 Å². The van der Waals surface area contributed by atoms with Crippen LogP contribution in [0.1, 0.15) is 5.56 Å². The lowest BCUT2D eigenvalue weighted by molar-refractivity contribution is 0.186. The van der Waals surface area contributed by atoms with Crippen molar-refractivity contribution < 1.29 is 10.2 Å². The highest BCUT2D eigenvalue weighted by Crippen LogP contribution is 1.99. The molecule has 4 heteroatoms. The van der Waals surface area contributed by atoms with E-state index in [4.69, 9.17) is 10.2 Å². The van der Waals surface area contributed by atoms with Crippen LogP contribution in [-0.2, 0) is 6.54 Å². The zero-order valence-electron chi connectivity index (χ0n) is 9.26. The molecule has 2 N–H and O–H groups in total. The van der Waals surface area contributed by atoms with E-state index in [2.05, 4.69) is 43.3 Å². The van der Waals surface area contributed by atoms with Gasteiger partial charge in [0.2, 0.25) is 0 Å². The monoisotopic (exact) mass is 233 g/mol. The maximum atomic E-state index is 7.62. The Morgan fingerprint density at radius 2 is 1.47 bits per heavy atom. The van der Waals surface area contributed by atoms with E-state index in [0.29, 0.717) is 0 Å². The standard InChI is InChI=1S/C9H13N.C2H6O2.ClH/c1-10(2)8-9-6-4-3-5-7-9;3-1-2-4;/h3-7H,8H2,1-2H3;3-4H,1-2H2;1H. The molecular weight excluding hydrogens is 214 g/mol. The summed E-state index contributed by atoms with van der Waals surface area (Å²) in [6.07, 6.45) is 0. The number of rotatable bonds is 3. The van der Waals surface area contributed by atoms with Crippen molar-refractivity contribution in [3.8, 4) is 0 Å². The highest BCUT2D eigenvalue weighted by molar-refractivity contribution is 5.85. The largest absolute Gasteiger partial charge is 0.394 e. The fourth-order valence-electron chi connectivity index (χ4n) is 0.949. The number of halogens is 1. The molecule has 0 heterocycles. The van der Waals surface area contributed by atoms with Gasteiger partial charge in [-0.1, -0.05) is 30.3 Å². The van der Waals surface area contributed by atoms with Gasteiger partial charge in [0.15, 0.2) is 0 Å². The van der Waals surface area contributed by atoms with E-state index in [9.17, 15) is 0 Å². The maximum Gasteiger partial charge on any atom is 0.0662 e. The molecule has 0 aliphatic heterocycles. The summed E-state index contributed by atoms with van der Waals surface area (Å²) in [4.78, 5) is 2.16. The van der Waals surface area contributed by atoms with Crippen LogP contribution in [0.15, 0.2) is 30.3 Å². The molecule has 0 unspecified atom stereocenters. The molecule has 0 bridgehead atoms. The van der Waals surface area contributed by atoms with Gasteiger partial charge < -0.3 is 15.1 Å². The molecule has 0 saturated carbocycles. The molecule has 0 saturated heterocycles. The predicted molar refractivity (Wildman–Crippen MR) is 65.3 cm³/mol. The van der Waals surface area contributed by atoms with Crippen molar-refractivity contribution in [1.82, 2.24) is 4.90 Å². The minimum Gasteiger partial charge on any atom is -0.394 e. The first-order valence-electron chi connectivity index (χ1n) is 4.61. The number of nitrogens with zero attached hydrogens (tertiary/aromatic N) is 1. The molecule has 0 aromatic heterocycles. The SMILES string of the molecule is CN(C)Cc1ccccc1.Cl.OCCO. The van der Waals surface area contributed by atoms with Crippen LogP contribution in [0.2, 0.25) is 0 Å². The van der Waals surface area contributed by atoms with Gasteiger partial charge >= 0.3 is 0 Å². The highest BCUT2D eigenvalue weighted by Gasteiger charge is 1.90. The normalized spacial score (nSPS) is 8.87. The maximum absolute atomic E-state index is 7.62. The molecule has 1 aromatic carbocycles. The Morgan fingerprint density at radius 3 is 1.80 bits per heavy atom. The second-order valence-electron chi connectivity index (χ2n) is 3.17. The van der Waals surface area contributed by atoms with Gasteiger partial charge in [-0.05, 0) is 19.7 Å². The fourth-order valence-corrected chi connectivity index (χ4v) is 0.949. The molecule has 1 rings (SSSR count). The quantitative estimate of drug-likeness (QED) is 0.823. The summed E-state index contributed by atoms with van der Waals surface area (Å²) in [6, 6.07) is 10.5. The Hall–Kier alpha value is -0.610. The molecule has 0 fully saturated rings. The number of hydrogen-bond acceptors (Lipinski definition) is 3. The van der Waals surface area contributed by atoms with Gasteiger partial charge in [-0.25, -0.2) is 0 Å². The predicted octanol–water partition coefficient (Wildman–Crippen LogP) is 1.14. The van der Waals surface area contributed by atoms with E-state index in [1.165, 1.54) is 5.56 Å². The summed E-state index contributed by atoms with van der Waals surface area (Å²) in [5.41, 5.74) is 1.37. The van der Waals surface area contributed by atoms with E-state index in [0.717, 1.165) is 6.54 Å². The van der Waals surface area contributed by atoms with Crippen molar-refractivity contribution in [2.24, 2.45) is 0 Å². The van der Waals surface area contributed by atoms with Crippen LogP contribution in [0.5, 0.6) is 0 Å². The molecule has 0 aliphatic rings. The lowest BCUT2D eigenvalue weighted by atomic mass is 10.2. The van der Waals surface area contributed by atoms with E-state index in [1.54, 1.807) is 0 Å². The van der Waals surface area contributed by atoms with Crippen molar-refractivity contribution in [2.75, 3.05) is 27.3 Å². The molecule has 15 heavy (non-hydrogen) atoms. The van der Waals surface area contributed by atoms with Crippen molar-refractivity contribution in [3.63, 3.8) is 0 Å². The second kappa shape index (κ2) is 11.5. The molecule has 88 valence electrons. The number of benzene rings is 1. The highest BCUT2D eigenvalue weighted by atomic mass is 35.5.